The third kappa shape index (κ3) is 2.87. The van der Waals surface area contributed by atoms with Crippen molar-refractivity contribution in [3.8, 4) is 0 Å². The third-order valence-corrected chi connectivity index (χ3v) is 4.99. The maximum atomic E-state index is 12.3. The second-order valence-corrected chi connectivity index (χ2v) is 6.65. The summed E-state index contributed by atoms with van der Waals surface area (Å²) < 4.78 is 11.4. The summed E-state index contributed by atoms with van der Waals surface area (Å²) in [4.78, 5) is 17.3. The summed E-state index contributed by atoms with van der Waals surface area (Å²) in [6, 6.07) is 0.173. The molecule has 5 nitrogen and oxygen atoms in total. The van der Waals surface area contributed by atoms with Crippen molar-refractivity contribution in [3.05, 3.63) is 15.6 Å². The highest BCUT2D eigenvalue weighted by atomic mass is 32.1. The van der Waals surface area contributed by atoms with Gasteiger partial charge < -0.3 is 14.8 Å². The van der Waals surface area contributed by atoms with E-state index in [4.69, 9.17) is 9.47 Å². The van der Waals surface area contributed by atoms with E-state index in [-0.39, 0.29) is 24.2 Å². The molecular weight excluding hydrogens is 276 g/mol. The normalized spacial score (nSPS) is 29.8. The van der Waals surface area contributed by atoms with Gasteiger partial charge in [-0.1, -0.05) is 0 Å². The molecule has 1 aliphatic carbocycles. The molecule has 1 saturated carbocycles. The van der Waals surface area contributed by atoms with Gasteiger partial charge in [0.1, 0.15) is 4.88 Å². The van der Waals surface area contributed by atoms with E-state index >= 15 is 0 Å². The van der Waals surface area contributed by atoms with Gasteiger partial charge in [0.05, 0.1) is 36.1 Å². The average molecular weight is 296 g/mol. The lowest BCUT2D eigenvalue weighted by Gasteiger charge is -2.39. The first kappa shape index (κ1) is 14.0. The predicted octanol–water partition coefficient (Wildman–Crippen LogP) is 1.83. The van der Waals surface area contributed by atoms with E-state index in [0.717, 1.165) is 34.8 Å². The Bertz CT molecular complexity index is 503. The van der Waals surface area contributed by atoms with Crippen LogP contribution in [-0.2, 0) is 9.47 Å². The van der Waals surface area contributed by atoms with Crippen LogP contribution in [0.3, 0.4) is 0 Å². The predicted molar refractivity (Wildman–Crippen MR) is 76.2 cm³/mol. The minimum atomic E-state index is -0.00622. The van der Waals surface area contributed by atoms with Crippen LogP contribution in [0, 0.1) is 13.8 Å². The highest BCUT2D eigenvalue weighted by molar-refractivity contribution is 7.13. The van der Waals surface area contributed by atoms with Crippen LogP contribution in [0.15, 0.2) is 0 Å². The molecule has 2 aliphatic rings. The first-order chi connectivity index (χ1) is 9.63. The van der Waals surface area contributed by atoms with Crippen molar-refractivity contribution in [1.82, 2.24) is 10.3 Å². The molecule has 110 valence electrons. The lowest BCUT2D eigenvalue weighted by molar-refractivity contribution is -0.157. The number of carbonyl (C=O) groups excluding carboxylic acids is 1. The Morgan fingerprint density at radius 2 is 2.00 bits per heavy atom. The summed E-state index contributed by atoms with van der Waals surface area (Å²) in [5, 5.41) is 4.05. The summed E-state index contributed by atoms with van der Waals surface area (Å²) in [5.41, 5.74) is 0.816. The van der Waals surface area contributed by atoms with Crippen LogP contribution in [0.25, 0.3) is 0 Å². The molecule has 0 radical (unpaired) electrons. The molecule has 1 N–H and O–H groups in total. The Kier molecular flexibility index (Phi) is 4.05. The molecule has 2 heterocycles. The zero-order chi connectivity index (χ0) is 14.1. The average Bonchev–Trinajstić information content (AvgIpc) is 2.78. The Morgan fingerprint density at radius 3 is 2.70 bits per heavy atom. The van der Waals surface area contributed by atoms with Crippen molar-refractivity contribution in [1.29, 1.82) is 0 Å². The summed E-state index contributed by atoms with van der Waals surface area (Å²) in [6.45, 7) is 5.16. The number of nitrogens with one attached hydrogen (secondary N) is 1. The van der Waals surface area contributed by atoms with Crippen molar-refractivity contribution >= 4 is 17.2 Å². The van der Waals surface area contributed by atoms with Gasteiger partial charge in [0.25, 0.3) is 5.91 Å². The van der Waals surface area contributed by atoms with Crippen molar-refractivity contribution in [3.63, 3.8) is 0 Å². The van der Waals surface area contributed by atoms with Crippen molar-refractivity contribution in [2.45, 2.75) is 51.4 Å². The second kappa shape index (κ2) is 5.79. The highest BCUT2D eigenvalue weighted by Gasteiger charge is 2.35. The fraction of sp³-hybridized carbons (Fsp3) is 0.714. The molecule has 1 aliphatic heterocycles. The van der Waals surface area contributed by atoms with Crippen LogP contribution in [-0.4, -0.2) is 42.4 Å². The van der Waals surface area contributed by atoms with Crippen LogP contribution >= 0.6 is 11.3 Å². The van der Waals surface area contributed by atoms with Crippen molar-refractivity contribution < 1.29 is 14.3 Å². The van der Waals surface area contributed by atoms with E-state index in [1.54, 1.807) is 0 Å². The Balaban J connectivity index is 1.60. The zero-order valence-corrected chi connectivity index (χ0v) is 12.7. The number of amides is 1. The number of hydrogen-bond donors (Lipinski definition) is 1. The number of thiazole rings is 1. The molecule has 20 heavy (non-hydrogen) atoms. The first-order valence-corrected chi connectivity index (χ1v) is 7.93. The molecule has 3 atom stereocenters. The van der Waals surface area contributed by atoms with Gasteiger partial charge in [-0.3, -0.25) is 4.79 Å². The molecule has 1 saturated heterocycles. The zero-order valence-electron chi connectivity index (χ0n) is 11.8. The van der Waals surface area contributed by atoms with E-state index in [1.807, 2.05) is 13.8 Å². The van der Waals surface area contributed by atoms with Gasteiger partial charge in [-0.15, -0.1) is 11.3 Å². The summed E-state index contributed by atoms with van der Waals surface area (Å²) in [5.74, 6) is -0.00622. The molecule has 6 heteroatoms. The maximum absolute atomic E-state index is 12.3. The number of hydrogen-bond acceptors (Lipinski definition) is 5. The van der Waals surface area contributed by atoms with E-state index < -0.39 is 0 Å². The Morgan fingerprint density at radius 1 is 1.25 bits per heavy atom. The van der Waals surface area contributed by atoms with Gasteiger partial charge in [-0.05, 0) is 33.1 Å². The number of carbonyl (C=O) groups is 1. The fourth-order valence-corrected chi connectivity index (χ4v) is 3.81. The van der Waals surface area contributed by atoms with E-state index in [9.17, 15) is 4.79 Å². The van der Waals surface area contributed by atoms with Crippen molar-refractivity contribution in [2.24, 2.45) is 0 Å². The lowest BCUT2D eigenvalue weighted by Crippen LogP contribution is -2.49. The molecule has 0 spiro atoms. The van der Waals surface area contributed by atoms with Crippen LogP contribution in [0.1, 0.15) is 39.6 Å². The SMILES string of the molecule is Cc1nc(C)c(C(=O)NC2CCC3OCCOC3C2)s1. The van der Waals surface area contributed by atoms with Gasteiger partial charge in [0.15, 0.2) is 0 Å². The Labute approximate surface area is 122 Å². The number of rotatable bonds is 2. The smallest absolute Gasteiger partial charge is 0.263 e. The van der Waals surface area contributed by atoms with Crippen LogP contribution < -0.4 is 5.32 Å². The molecule has 3 unspecified atom stereocenters. The van der Waals surface area contributed by atoms with Gasteiger partial charge in [-0.25, -0.2) is 4.98 Å². The monoisotopic (exact) mass is 296 g/mol. The molecule has 1 amide bonds. The van der Waals surface area contributed by atoms with Crippen LogP contribution in [0.5, 0.6) is 0 Å². The maximum Gasteiger partial charge on any atom is 0.263 e. The van der Waals surface area contributed by atoms with E-state index in [0.29, 0.717) is 13.2 Å². The molecule has 0 aromatic carbocycles. The largest absolute Gasteiger partial charge is 0.373 e. The topological polar surface area (TPSA) is 60.5 Å². The number of aryl methyl sites for hydroxylation is 2. The standard InChI is InChI=1S/C14H20N2O3S/c1-8-13(20-9(2)15-8)14(17)16-10-3-4-11-12(7-10)19-6-5-18-11/h10-12H,3-7H2,1-2H3,(H,16,17). The van der Waals surface area contributed by atoms with E-state index in [1.165, 1.54) is 11.3 Å². The quantitative estimate of drug-likeness (QED) is 0.904. The highest BCUT2D eigenvalue weighted by Crippen LogP contribution is 2.27. The Hall–Kier alpha value is -0.980. The summed E-state index contributed by atoms with van der Waals surface area (Å²) in [7, 11) is 0. The van der Waals surface area contributed by atoms with Crippen LogP contribution in [0.4, 0.5) is 0 Å². The van der Waals surface area contributed by atoms with Gasteiger partial charge in [-0.2, -0.15) is 0 Å². The number of fused-ring (bicyclic) bond motifs is 1. The minimum Gasteiger partial charge on any atom is -0.373 e. The molecule has 0 bridgehead atoms. The third-order valence-electron chi connectivity index (χ3n) is 3.92. The van der Waals surface area contributed by atoms with Crippen LogP contribution in [0.2, 0.25) is 0 Å². The summed E-state index contributed by atoms with van der Waals surface area (Å²) >= 11 is 1.45. The number of nitrogens with zero attached hydrogens (tertiary/aromatic N) is 1. The molecule has 3 rings (SSSR count). The fourth-order valence-electron chi connectivity index (χ4n) is 2.99. The minimum absolute atomic E-state index is 0.00622. The molecule has 1 aromatic rings. The van der Waals surface area contributed by atoms with Gasteiger partial charge in [0.2, 0.25) is 0 Å². The second-order valence-electron chi connectivity index (χ2n) is 5.45. The summed E-state index contributed by atoms with van der Waals surface area (Å²) in [6.07, 6.45) is 3.09. The van der Waals surface area contributed by atoms with Crippen molar-refractivity contribution in [2.75, 3.05) is 13.2 Å². The lowest BCUT2D eigenvalue weighted by atomic mass is 9.89. The number of aromatic nitrogens is 1. The van der Waals surface area contributed by atoms with E-state index in [2.05, 4.69) is 10.3 Å². The van der Waals surface area contributed by atoms with Gasteiger partial charge >= 0.3 is 0 Å². The number of ether oxygens (including phenoxy) is 2. The molecule has 1 aromatic heterocycles. The first-order valence-electron chi connectivity index (χ1n) is 7.11. The molecule has 2 fully saturated rings. The van der Waals surface area contributed by atoms with Gasteiger partial charge in [0, 0.05) is 6.04 Å². The molecular formula is C14H20N2O3S.